The fourth-order valence-electron chi connectivity index (χ4n) is 9.20. The first kappa shape index (κ1) is 32.8. The number of hydrogen-bond acceptors (Lipinski definition) is 5. The highest BCUT2D eigenvalue weighted by molar-refractivity contribution is 6.06. The number of carbonyl (C=O) groups is 4. The van der Waals surface area contributed by atoms with Crippen molar-refractivity contribution in [3.05, 3.63) is 149 Å². The number of amides is 4. The first-order valence-corrected chi connectivity index (χ1v) is 18.0. The molecule has 2 saturated heterocycles. The van der Waals surface area contributed by atoms with Gasteiger partial charge in [0, 0.05) is 68.1 Å². The lowest BCUT2D eigenvalue weighted by Gasteiger charge is -2.35. The van der Waals surface area contributed by atoms with Gasteiger partial charge >= 0.3 is 24.0 Å². The molecule has 12 heteroatoms. The van der Waals surface area contributed by atoms with Gasteiger partial charge in [0.25, 0.3) is 11.6 Å². The molecular formula is C41H38N6O6+2. The molecule has 12 nitrogen and oxygen atoms in total. The van der Waals surface area contributed by atoms with Crippen LogP contribution in [0.15, 0.2) is 132 Å². The van der Waals surface area contributed by atoms with Gasteiger partial charge in [-0.05, 0) is 36.8 Å². The fourth-order valence-corrected chi connectivity index (χ4v) is 9.20. The van der Waals surface area contributed by atoms with Gasteiger partial charge in [-0.25, -0.2) is 23.9 Å². The Morgan fingerprint density at radius 2 is 1.09 bits per heavy atom. The van der Waals surface area contributed by atoms with Crippen molar-refractivity contribution in [2.45, 2.75) is 50.7 Å². The molecule has 53 heavy (non-hydrogen) atoms. The maximum absolute atomic E-state index is 15.5. The Morgan fingerprint density at radius 1 is 0.642 bits per heavy atom. The zero-order valence-electron chi connectivity index (χ0n) is 28.9. The molecule has 7 heterocycles. The van der Waals surface area contributed by atoms with Crippen LogP contribution in [0.4, 0.5) is 21.2 Å². The van der Waals surface area contributed by atoms with Crippen molar-refractivity contribution >= 4 is 35.6 Å². The summed E-state index contributed by atoms with van der Waals surface area (Å²) >= 11 is 0. The number of likely N-dealkylation sites (tertiary alicyclic amines) is 2. The molecule has 2 atom stereocenters. The Hall–Kier alpha value is -6.11. The summed E-state index contributed by atoms with van der Waals surface area (Å²) < 4.78 is 1.05. The molecule has 1 aromatic heterocycles. The van der Waals surface area contributed by atoms with E-state index in [-0.39, 0.29) is 35.9 Å². The van der Waals surface area contributed by atoms with Crippen LogP contribution >= 0.6 is 0 Å². The highest BCUT2D eigenvalue weighted by atomic mass is 16.4. The molecule has 6 aliphatic rings. The molecule has 6 aliphatic heterocycles. The molecule has 0 saturated carbocycles. The van der Waals surface area contributed by atoms with Crippen molar-refractivity contribution in [2.75, 3.05) is 13.1 Å². The number of quaternary nitrogens is 2. The quantitative estimate of drug-likeness (QED) is 0.267. The van der Waals surface area contributed by atoms with Crippen molar-refractivity contribution in [1.82, 2.24) is 28.5 Å². The standard InChI is InChI=1S/C41H36N6O6/c48-38(34-13-7-23-43(34)40(50)51)46(29-15-16-30(46)18-17-29)36-33(25-27-9-3-1-4-10-27)37(45(42-36)26-28-11-5-2-6-12-28)47(31-19-20-32(47)22-21-31)39(49)35-14-8-24-44(35)41(52)53/h1-6,9-12,15-22,34-35H,7-8,13-14,23-26H2/p+2/t34-,35-/m0/s1. The number of aromatic nitrogens is 2. The minimum absolute atomic E-state index is 0.253. The number of benzene rings is 2. The van der Waals surface area contributed by atoms with Gasteiger partial charge in [0.05, 0.1) is 6.54 Å². The lowest BCUT2D eigenvalue weighted by molar-refractivity contribution is -0.131. The summed E-state index contributed by atoms with van der Waals surface area (Å²) in [5.74, 6) is 0.323. The van der Waals surface area contributed by atoms with E-state index in [0.717, 1.165) is 11.1 Å². The highest BCUT2D eigenvalue weighted by Crippen LogP contribution is 2.54. The molecule has 4 amide bonds. The molecule has 0 unspecified atom stereocenters. The summed E-state index contributed by atoms with van der Waals surface area (Å²) in [5.41, 5.74) is 5.14. The molecule has 266 valence electrons. The molecule has 0 aliphatic carbocycles. The second-order valence-corrected chi connectivity index (χ2v) is 14.3. The zero-order valence-corrected chi connectivity index (χ0v) is 28.9. The van der Waals surface area contributed by atoms with Crippen molar-refractivity contribution in [3.63, 3.8) is 0 Å². The summed E-state index contributed by atoms with van der Waals surface area (Å²) in [6.45, 7) is 0.766. The molecule has 0 spiro atoms. The Bertz CT molecular complexity index is 2240. The van der Waals surface area contributed by atoms with E-state index in [0.29, 0.717) is 72.1 Å². The van der Waals surface area contributed by atoms with Gasteiger partial charge in [-0.2, -0.15) is 0 Å². The van der Waals surface area contributed by atoms with E-state index in [1.807, 2.05) is 114 Å². The predicted molar refractivity (Wildman–Crippen MR) is 197 cm³/mol. The van der Waals surface area contributed by atoms with Gasteiger partial charge in [-0.1, -0.05) is 60.7 Å². The predicted octanol–water partition coefficient (Wildman–Crippen LogP) is 6.18. The lowest BCUT2D eigenvalue weighted by Crippen LogP contribution is -2.58. The van der Waals surface area contributed by atoms with Crippen LogP contribution in [0.25, 0.3) is 0 Å². The summed E-state index contributed by atoms with van der Waals surface area (Å²) in [7, 11) is 0. The lowest BCUT2D eigenvalue weighted by atomic mass is 10.0. The summed E-state index contributed by atoms with van der Waals surface area (Å²) in [6.07, 6.45) is 15.1. The Labute approximate surface area is 305 Å². The minimum atomic E-state index is -1.14. The second-order valence-electron chi connectivity index (χ2n) is 14.3. The van der Waals surface area contributed by atoms with Gasteiger partial charge in [-0.3, -0.25) is 9.80 Å². The van der Waals surface area contributed by atoms with E-state index >= 15 is 9.59 Å². The van der Waals surface area contributed by atoms with Crippen LogP contribution in [0.2, 0.25) is 0 Å². The average Bonchev–Trinajstić information content (AvgIpc) is 4.04. The van der Waals surface area contributed by atoms with Crippen LogP contribution in [0, 0.1) is 0 Å². The van der Waals surface area contributed by atoms with E-state index in [1.165, 1.54) is 9.80 Å². The molecule has 4 bridgehead atoms. The number of carboxylic acid groups (broad SMARTS) is 2. The number of fused-ring (bicyclic) bond motifs is 4. The topological polar surface area (TPSA) is 133 Å². The smallest absolute Gasteiger partial charge is 0.408 e. The van der Waals surface area contributed by atoms with E-state index in [4.69, 9.17) is 5.10 Å². The summed E-state index contributed by atoms with van der Waals surface area (Å²) in [4.78, 5) is 58.4. The first-order valence-electron chi connectivity index (χ1n) is 18.0. The number of rotatable bonds is 8. The molecular weight excluding hydrogens is 672 g/mol. The first-order chi connectivity index (χ1) is 25.8. The average molecular weight is 711 g/mol. The van der Waals surface area contributed by atoms with Crippen LogP contribution in [0.5, 0.6) is 0 Å². The zero-order chi connectivity index (χ0) is 36.5. The molecule has 9 rings (SSSR count). The van der Waals surface area contributed by atoms with Gasteiger partial charge in [0.1, 0.15) is 5.56 Å². The van der Waals surface area contributed by atoms with Crippen LogP contribution in [-0.2, 0) is 22.6 Å². The Balaban J connectivity index is 1.35. The van der Waals surface area contributed by atoms with E-state index in [9.17, 15) is 19.8 Å². The monoisotopic (exact) mass is 710 g/mol. The van der Waals surface area contributed by atoms with Crippen LogP contribution in [0.3, 0.4) is 0 Å². The number of carbonyl (C=O) groups excluding carboxylic acids is 2. The van der Waals surface area contributed by atoms with Gasteiger partial charge < -0.3 is 10.2 Å². The van der Waals surface area contributed by atoms with Gasteiger partial charge in [0.2, 0.25) is 0 Å². The molecule has 2 fully saturated rings. The van der Waals surface area contributed by atoms with Crippen molar-refractivity contribution in [3.8, 4) is 0 Å². The number of nitrogens with zero attached hydrogens (tertiary/aromatic N) is 6. The van der Waals surface area contributed by atoms with E-state index in [2.05, 4.69) is 0 Å². The third kappa shape index (κ3) is 4.65. The molecule has 0 radical (unpaired) electrons. The van der Waals surface area contributed by atoms with Crippen LogP contribution in [0.1, 0.15) is 42.4 Å². The van der Waals surface area contributed by atoms with Gasteiger partial charge in [-0.15, -0.1) is 14.1 Å². The number of allylic oxidation sites excluding steroid dienone is 8. The van der Waals surface area contributed by atoms with Gasteiger partial charge in [0.15, 0.2) is 34.9 Å². The van der Waals surface area contributed by atoms with Crippen molar-refractivity contribution in [2.24, 2.45) is 0 Å². The maximum atomic E-state index is 15.5. The van der Waals surface area contributed by atoms with E-state index < -0.39 is 28.8 Å². The van der Waals surface area contributed by atoms with Crippen LogP contribution < -0.4 is 8.97 Å². The number of hydrogen-bond donors (Lipinski definition) is 2. The maximum Gasteiger partial charge on any atom is 0.408 e. The van der Waals surface area contributed by atoms with Crippen molar-refractivity contribution < 1.29 is 29.4 Å². The Kier molecular flexibility index (Phi) is 7.57. The van der Waals surface area contributed by atoms with Crippen LogP contribution in [-0.4, -0.2) is 79.0 Å². The third-order valence-electron chi connectivity index (χ3n) is 11.5. The molecule has 2 N–H and O–H groups in total. The summed E-state index contributed by atoms with van der Waals surface area (Å²) in [5, 5.41) is 25.9. The highest BCUT2D eigenvalue weighted by Gasteiger charge is 2.64. The van der Waals surface area contributed by atoms with Crippen molar-refractivity contribution in [1.29, 1.82) is 0 Å². The SMILES string of the molecule is O=C(O)N1CCC[C@H]1C(=O)[N+]1(c2nn(Cc3ccccc3)c([N+]3(C(=O)[C@@H]4CCCN4C(=O)O)C4=CC=C3C=C4)c2Cc2ccccc2)C2=CC=C1C=C2. The normalized spacial score (nSPS) is 22.6. The fraction of sp³-hybridized carbons (Fsp3) is 0.244. The Morgan fingerprint density at radius 3 is 1.57 bits per heavy atom. The minimum Gasteiger partial charge on any atom is -0.465 e. The largest absolute Gasteiger partial charge is 0.465 e. The molecule has 3 aromatic rings. The summed E-state index contributed by atoms with van der Waals surface area (Å²) in [6, 6.07) is 17.8. The second kappa shape index (κ2) is 12.2. The molecule has 2 aromatic carbocycles. The van der Waals surface area contributed by atoms with E-state index in [1.54, 1.807) is 0 Å². The third-order valence-corrected chi connectivity index (χ3v) is 11.5.